The maximum absolute atomic E-state index is 14.7. The summed E-state index contributed by atoms with van der Waals surface area (Å²) in [6, 6.07) is 17.8. The number of likely N-dealkylation sites (tertiary alicyclic amines) is 2. The molecule has 190 valence electrons. The van der Waals surface area contributed by atoms with Crippen molar-refractivity contribution in [2.75, 3.05) is 26.2 Å². The normalized spacial score (nSPS) is 16.6. The number of rotatable bonds is 5. The van der Waals surface area contributed by atoms with Crippen LogP contribution in [0.2, 0.25) is 0 Å². The summed E-state index contributed by atoms with van der Waals surface area (Å²) in [6.07, 6.45) is 4.42. The molecule has 2 saturated heterocycles. The van der Waals surface area contributed by atoms with Gasteiger partial charge in [0.25, 0.3) is 11.5 Å². The average Bonchev–Trinajstić information content (AvgIpc) is 3.30. The van der Waals surface area contributed by atoms with Gasteiger partial charge < -0.3 is 9.30 Å². The predicted octanol–water partition coefficient (Wildman–Crippen LogP) is 3.26. The minimum atomic E-state index is -0.527. The Morgan fingerprint density at radius 2 is 1.79 bits per heavy atom. The van der Waals surface area contributed by atoms with Gasteiger partial charge in [-0.05, 0) is 35.9 Å². The Morgan fingerprint density at radius 1 is 1.00 bits per heavy atom. The van der Waals surface area contributed by atoms with E-state index in [2.05, 4.69) is 26.3 Å². The second kappa shape index (κ2) is 8.59. The quantitative estimate of drug-likeness (QED) is 0.394. The number of carbonyl (C=O) groups is 1. The van der Waals surface area contributed by atoms with Gasteiger partial charge in [0.15, 0.2) is 0 Å². The number of hydrogen-bond acceptors (Lipinski definition) is 5. The van der Waals surface area contributed by atoms with Crippen molar-refractivity contribution < 1.29 is 9.18 Å². The van der Waals surface area contributed by atoms with Crippen LogP contribution in [-0.2, 0) is 13.0 Å². The van der Waals surface area contributed by atoms with Crippen LogP contribution < -0.4 is 5.56 Å². The van der Waals surface area contributed by atoms with E-state index in [1.54, 1.807) is 29.2 Å². The lowest BCUT2D eigenvalue weighted by atomic mass is 9.72. The molecule has 1 spiro atoms. The second-order valence-corrected chi connectivity index (χ2v) is 10.5. The molecule has 1 N–H and O–H groups in total. The molecule has 5 aromatic rings. The van der Waals surface area contributed by atoms with Gasteiger partial charge in [0, 0.05) is 62.3 Å². The summed E-state index contributed by atoms with van der Waals surface area (Å²) in [7, 11) is 0. The Labute approximate surface area is 217 Å². The zero-order chi connectivity index (χ0) is 25.9. The molecule has 0 atom stereocenters. The van der Waals surface area contributed by atoms with Gasteiger partial charge in [-0.1, -0.05) is 30.3 Å². The van der Waals surface area contributed by atoms with Crippen molar-refractivity contribution in [2.24, 2.45) is 5.41 Å². The fourth-order valence-electron chi connectivity index (χ4n) is 5.93. The van der Waals surface area contributed by atoms with E-state index < -0.39 is 5.82 Å². The van der Waals surface area contributed by atoms with Crippen LogP contribution in [0.5, 0.6) is 0 Å². The largest absolute Gasteiger partial charge is 0.337 e. The standard InChI is InChI=1S/C29H25FN6O2/c30-24-9-8-19(12-25-21-5-1-2-6-22(21)27(37)33-32-25)11-23(24)28(38)36-17-29(18-36)15-34(16-29)13-20-14-35-10-4-3-7-26(35)31-20/h1-11,14H,12-13,15-18H2,(H,33,37). The molecule has 2 aliphatic rings. The molecule has 1 amide bonds. The number of carbonyl (C=O) groups excluding carboxylic acids is 1. The minimum Gasteiger partial charge on any atom is -0.337 e. The molecular weight excluding hydrogens is 483 g/mol. The van der Waals surface area contributed by atoms with Crippen molar-refractivity contribution in [3.05, 3.63) is 112 Å². The highest BCUT2D eigenvalue weighted by atomic mass is 19.1. The van der Waals surface area contributed by atoms with E-state index in [1.165, 1.54) is 6.07 Å². The van der Waals surface area contributed by atoms with Gasteiger partial charge in [0.2, 0.25) is 0 Å². The van der Waals surface area contributed by atoms with Crippen molar-refractivity contribution in [3.63, 3.8) is 0 Å². The summed E-state index contributed by atoms with van der Waals surface area (Å²) >= 11 is 0. The zero-order valence-corrected chi connectivity index (χ0v) is 20.6. The molecule has 8 nitrogen and oxygen atoms in total. The first kappa shape index (κ1) is 22.8. The summed E-state index contributed by atoms with van der Waals surface area (Å²) in [4.78, 5) is 34.0. The average molecular weight is 509 g/mol. The van der Waals surface area contributed by atoms with Crippen molar-refractivity contribution in [3.8, 4) is 0 Å². The Kier molecular flexibility index (Phi) is 5.16. The number of benzene rings is 2. The number of amides is 1. The highest BCUT2D eigenvalue weighted by Gasteiger charge is 2.53. The third-order valence-electron chi connectivity index (χ3n) is 7.67. The van der Waals surface area contributed by atoms with Gasteiger partial charge in [-0.25, -0.2) is 14.5 Å². The monoisotopic (exact) mass is 508 g/mol. The van der Waals surface area contributed by atoms with E-state index in [-0.39, 0.29) is 22.4 Å². The molecular formula is C29H25FN6O2. The van der Waals surface area contributed by atoms with Gasteiger partial charge in [-0.2, -0.15) is 5.10 Å². The predicted molar refractivity (Wildman–Crippen MR) is 140 cm³/mol. The van der Waals surface area contributed by atoms with Crippen LogP contribution in [0.3, 0.4) is 0 Å². The molecule has 3 aromatic heterocycles. The molecule has 0 aliphatic carbocycles. The molecule has 0 bridgehead atoms. The van der Waals surface area contributed by atoms with Crippen LogP contribution >= 0.6 is 0 Å². The van der Waals surface area contributed by atoms with Gasteiger partial charge in [0.1, 0.15) is 11.5 Å². The number of halogens is 1. The van der Waals surface area contributed by atoms with Gasteiger partial charge >= 0.3 is 0 Å². The number of pyridine rings is 1. The van der Waals surface area contributed by atoms with Crippen molar-refractivity contribution in [1.29, 1.82) is 0 Å². The number of hydrogen-bond donors (Lipinski definition) is 1. The number of nitrogens with zero attached hydrogens (tertiary/aromatic N) is 5. The van der Waals surface area contributed by atoms with Crippen LogP contribution in [0, 0.1) is 11.2 Å². The summed E-state index contributed by atoms with van der Waals surface area (Å²) in [5, 5.41) is 8.04. The van der Waals surface area contributed by atoms with Crippen LogP contribution in [0.1, 0.15) is 27.3 Å². The summed E-state index contributed by atoms with van der Waals surface area (Å²) in [6.45, 7) is 3.84. The highest BCUT2D eigenvalue weighted by molar-refractivity contribution is 5.95. The molecule has 2 aliphatic heterocycles. The van der Waals surface area contributed by atoms with Crippen molar-refractivity contribution in [2.45, 2.75) is 13.0 Å². The van der Waals surface area contributed by atoms with Crippen LogP contribution in [0.25, 0.3) is 16.4 Å². The van der Waals surface area contributed by atoms with E-state index in [4.69, 9.17) is 0 Å². The van der Waals surface area contributed by atoms with Gasteiger partial charge in [-0.15, -0.1) is 0 Å². The van der Waals surface area contributed by atoms with Crippen molar-refractivity contribution >= 4 is 22.3 Å². The van der Waals surface area contributed by atoms with E-state index in [9.17, 15) is 14.0 Å². The molecule has 9 heteroatoms. The van der Waals surface area contributed by atoms with E-state index in [1.807, 2.05) is 40.9 Å². The summed E-state index contributed by atoms with van der Waals surface area (Å²) in [5.41, 5.74) is 3.31. The molecule has 2 aromatic carbocycles. The van der Waals surface area contributed by atoms with Crippen LogP contribution in [-0.4, -0.2) is 61.5 Å². The topological polar surface area (TPSA) is 86.6 Å². The summed E-state index contributed by atoms with van der Waals surface area (Å²) in [5.74, 6) is -0.811. The third kappa shape index (κ3) is 3.86. The molecule has 0 radical (unpaired) electrons. The lowest BCUT2D eigenvalue weighted by Gasteiger charge is -2.60. The molecule has 38 heavy (non-hydrogen) atoms. The number of aromatic amines is 1. The Balaban J connectivity index is 1.01. The highest BCUT2D eigenvalue weighted by Crippen LogP contribution is 2.41. The van der Waals surface area contributed by atoms with E-state index in [0.717, 1.165) is 41.9 Å². The van der Waals surface area contributed by atoms with Crippen LogP contribution in [0.4, 0.5) is 4.39 Å². The lowest BCUT2D eigenvalue weighted by Crippen LogP contribution is -2.72. The molecule has 5 heterocycles. The first-order valence-corrected chi connectivity index (χ1v) is 12.7. The Bertz CT molecular complexity index is 1730. The number of aromatic nitrogens is 4. The van der Waals surface area contributed by atoms with Gasteiger partial charge in [-0.3, -0.25) is 14.5 Å². The maximum Gasteiger partial charge on any atom is 0.272 e. The Morgan fingerprint density at radius 3 is 2.61 bits per heavy atom. The fourth-order valence-corrected chi connectivity index (χ4v) is 5.93. The maximum atomic E-state index is 14.7. The number of H-pyrrole nitrogens is 1. The first-order chi connectivity index (χ1) is 18.5. The zero-order valence-electron chi connectivity index (χ0n) is 20.6. The number of fused-ring (bicyclic) bond motifs is 2. The van der Waals surface area contributed by atoms with Crippen molar-refractivity contribution in [1.82, 2.24) is 29.4 Å². The van der Waals surface area contributed by atoms with Crippen LogP contribution in [0.15, 0.2) is 77.9 Å². The van der Waals surface area contributed by atoms with E-state index in [0.29, 0.717) is 30.6 Å². The molecule has 0 saturated carbocycles. The number of imidazole rings is 1. The van der Waals surface area contributed by atoms with E-state index >= 15 is 0 Å². The third-order valence-corrected chi connectivity index (χ3v) is 7.67. The molecule has 7 rings (SSSR count). The smallest absolute Gasteiger partial charge is 0.272 e. The van der Waals surface area contributed by atoms with Gasteiger partial charge in [0.05, 0.1) is 22.3 Å². The lowest BCUT2D eigenvalue weighted by molar-refractivity contribution is -0.102. The second-order valence-electron chi connectivity index (χ2n) is 10.5. The molecule has 0 unspecified atom stereocenters. The Hall–Kier alpha value is -4.37. The number of nitrogens with one attached hydrogen (secondary N) is 1. The molecule has 2 fully saturated rings. The minimum absolute atomic E-state index is 0.0759. The summed E-state index contributed by atoms with van der Waals surface area (Å²) < 4.78 is 16.8. The first-order valence-electron chi connectivity index (χ1n) is 12.7. The fraction of sp³-hybridized carbons (Fsp3) is 0.241. The SMILES string of the molecule is O=C(c1cc(Cc2n[nH]c(=O)c3ccccc23)ccc1F)N1CC2(CN(Cc3cn4ccccc4n3)C2)C1.